The lowest BCUT2D eigenvalue weighted by molar-refractivity contribution is 0.0701. The van der Waals surface area contributed by atoms with E-state index < -0.39 is 5.97 Å². The van der Waals surface area contributed by atoms with Crippen molar-refractivity contribution in [2.75, 3.05) is 5.32 Å². The average Bonchev–Trinajstić information content (AvgIpc) is 2.73. The van der Waals surface area contributed by atoms with E-state index in [9.17, 15) is 9.59 Å². The van der Waals surface area contributed by atoms with Crippen molar-refractivity contribution in [1.29, 1.82) is 0 Å². The number of carbonyl (C=O) groups is 2. The maximum atomic E-state index is 12.2. The summed E-state index contributed by atoms with van der Waals surface area (Å²) in [5.74, 6) is -1.31. The minimum atomic E-state index is -0.995. The SMILES string of the molecule is Cc1cc(NC(=O)c2cc(Cl)ccc2I)sc1C(=O)O. The third-order valence-corrected chi connectivity index (χ3v) is 4.84. The smallest absolute Gasteiger partial charge is 0.346 e. The van der Waals surface area contributed by atoms with Crippen molar-refractivity contribution in [3.05, 3.63) is 48.9 Å². The second-order valence-corrected chi connectivity index (χ2v) is 6.66. The third-order valence-electron chi connectivity index (χ3n) is 2.52. The van der Waals surface area contributed by atoms with Gasteiger partial charge in [-0.25, -0.2) is 4.79 Å². The molecule has 0 bridgehead atoms. The van der Waals surface area contributed by atoms with Crippen LogP contribution >= 0.6 is 45.5 Å². The van der Waals surface area contributed by atoms with Crippen molar-refractivity contribution in [3.63, 3.8) is 0 Å². The summed E-state index contributed by atoms with van der Waals surface area (Å²) in [6, 6.07) is 6.68. The van der Waals surface area contributed by atoms with Crippen LogP contribution in [0.25, 0.3) is 0 Å². The molecule has 0 saturated heterocycles. The molecule has 0 aliphatic rings. The lowest BCUT2D eigenvalue weighted by Crippen LogP contribution is -2.12. The second kappa shape index (κ2) is 6.11. The van der Waals surface area contributed by atoms with Crippen LogP contribution in [0.3, 0.4) is 0 Å². The van der Waals surface area contributed by atoms with Crippen LogP contribution in [0.15, 0.2) is 24.3 Å². The number of carboxylic acids is 1. The average molecular weight is 422 g/mol. The summed E-state index contributed by atoms with van der Waals surface area (Å²) in [5, 5.41) is 12.7. The first-order chi connectivity index (χ1) is 9.38. The maximum Gasteiger partial charge on any atom is 0.346 e. The van der Waals surface area contributed by atoms with E-state index in [0.717, 1.165) is 14.9 Å². The van der Waals surface area contributed by atoms with Crippen molar-refractivity contribution >= 4 is 62.4 Å². The highest BCUT2D eigenvalue weighted by Gasteiger charge is 2.16. The fraction of sp³-hybridized carbons (Fsp3) is 0.0769. The fourth-order valence-corrected chi connectivity index (χ4v) is 3.27. The van der Waals surface area contributed by atoms with Crippen LogP contribution in [-0.4, -0.2) is 17.0 Å². The van der Waals surface area contributed by atoms with E-state index in [1.165, 1.54) is 0 Å². The fourth-order valence-electron chi connectivity index (χ4n) is 1.61. The zero-order chi connectivity index (χ0) is 14.9. The molecule has 0 atom stereocenters. The van der Waals surface area contributed by atoms with E-state index >= 15 is 0 Å². The highest BCUT2D eigenvalue weighted by Crippen LogP contribution is 2.27. The van der Waals surface area contributed by atoms with Gasteiger partial charge in [0.2, 0.25) is 0 Å². The number of amides is 1. The number of halogens is 2. The van der Waals surface area contributed by atoms with E-state index in [-0.39, 0.29) is 10.8 Å². The first-order valence-electron chi connectivity index (χ1n) is 5.48. The molecular weight excluding hydrogens is 413 g/mol. The molecule has 0 unspecified atom stereocenters. The Bertz CT molecular complexity index is 699. The molecule has 1 aromatic heterocycles. The third kappa shape index (κ3) is 3.31. The van der Waals surface area contributed by atoms with Crippen LogP contribution in [0.5, 0.6) is 0 Å². The van der Waals surface area contributed by atoms with Gasteiger partial charge in [-0.05, 0) is 59.3 Å². The Balaban J connectivity index is 2.26. The quantitative estimate of drug-likeness (QED) is 0.728. The summed E-state index contributed by atoms with van der Waals surface area (Å²) in [6.45, 7) is 1.69. The molecule has 0 aliphatic carbocycles. The molecule has 0 spiro atoms. The van der Waals surface area contributed by atoms with E-state index in [1.807, 2.05) is 22.6 Å². The lowest BCUT2D eigenvalue weighted by atomic mass is 10.2. The molecule has 2 aromatic rings. The van der Waals surface area contributed by atoms with Crippen LogP contribution < -0.4 is 5.32 Å². The summed E-state index contributed by atoms with van der Waals surface area (Å²) < 4.78 is 0.774. The molecule has 4 nitrogen and oxygen atoms in total. The molecule has 20 heavy (non-hydrogen) atoms. The minimum Gasteiger partial charge on any atom is -0.477 e. The number of rotatable bonds is 3. The Kier molecular flexibility index (Phi) is 4.66. The van der Waals surface area contributed by atoms with Crippen molar-refractivity contribution in [1.82, 2.24) is 0 Å². The monoisotopic (exact) mass is 421 g/mol. The van der Waals surface area contributed by atoms with E-state index in [4.69, 9.17) is 16.7 Å². The molecule has 0 radical (unpaired) electrons. The Morgan fingerprint density at radius 2 is 2.05 bits per heavy atom. The Morgan fingerprint density at radius 1 is 1.35 bits per heavy atom. The summed E-state index contributed by atoms with van der Waals surface area (Å²) in [6.07, 6.45) is 0. The molecule has 0 saturated carbocycles. The number of nitrogens with one attached hydrogen (secondary N) is 1. The predicted molar refractivity (Wildman–Crippen MR) is 88.1 cm³/mol. The first kappa shape index (κ1) is 15.3. The predicted octanol–water partition coefficient (Wildman–Crippen LogP) is 4.27. The number of benzene rings is 1. The molecule has 1 aromatic carbocycles. The Labute approximate surface area is 137 Å². The molecule has 104 valence electrons. The van der Waals surface area contributed by atoms with Crippen molar-refractivity contribution in [2.24, 2.45) is 0 Å². The van der Waals surface area contributed by atoms with E-state index in [2.05, 4.69) is 5.32 Å². The lowest BCUT2D eigenvalue weighted by Gasteiger charge is -2.05. The topological polar surface area (TPSA) is 66.4 Å². The summed E-state index contributed by atoms with van der Waals surface area (Å²) in [7, 11) is 0. The van der Waals surface area contributed by atoms with Crippen molar-refractivity contribution in [3.8, 4) is 0 Å². The summed E-state index contributed by atoms with van der Waals surface area (Å²) in [5.41, 5.74) is 1.08. The second-order valence-electron chi connectivity index (χ2n) is 4.01. The maximum absolute atomic E-state index is 12.2. The molecule has 0 aliphatic heterocycles. The zero-order valence-corrected chi connectivity index (χ0v) is 14.0. The van der Waals surface area contributed by atoms with Gasteiger partial charge in [0.05, 0.1) is 10.6 Å². The van der Waals surface area contributed by atoms with Crippen LogP contribution in [0, 0.1) is 10.5 Å². The number of hydrogen-bond donors (Lipinski definition) is 2. The van der Waals surface area contributed by atoms with E-state index in [1.54, 1.807) is 31.2 Å². The summed E-state index contributed by atoms with van der Waals surface area (Å²) >= 11 is 8.96. The zero-order valence-electron chi connectivity index (χ0n) is 10.2. The van der Waals surface area contributed by atoms with Gasteiger partial charge in [-0.3, -0.25) is 4.79 Å². The number of anilines is 1. The van der Waals surface area contributed by atoms with Gasteiger partial charge in [0.15, 0.2) is 0 Å². The van der Waals surface area contributed by atoms with Gasteiger partial charge >= 0.3 is 5.97 Å². The van der Waals surface area contributed by atoms with Gasteiger partial charge in [0.1, 0.15) is 4.88 Å². The normalized spacial score (nSPS) is 10.3. The van der Waals surface area contributed by atoms with Gasteiger partial charge in [-0.1, -0.05) is 11.6 Å². The molecular formula is C13H9ClINO3S. The Morgan fingerprint density at radius 3 is 2.65 bits per heavy atom. The number of hydrogen-bond acceptors (Lipinski definition) is 3. The van der Waals surface area contributed by atoms with Gasteiger partial charge < -0.3 is 10.4 Å². The number of aryl methyl sites for hydroxylation is 1. The number of carboxylic acid groups (broad SMARTS) is 1. The molecule has 0 fully saturated rings. The van der Waals surface area contributed by atoms with Crippen LogP contribution in [-0.2, 0) is 0 Å². The molecule has 1 heterocycles. The van der Waals surface area contributed by atoms with Crippen LogP contribution in [0.4, 0.5) is 5.00 Å². The number of aromatic carboxylic acids is 1. The molecule has 2 rings (SSSR count). The Hall–Kier alpha value is -1.12. The van der Waals surface area contributed by atoms with Gasteiger partial charge in [0, 0.05) is 8.59 Å². The number of carbonyl (C=O) groups excluding carboxylic acids is 1. The molecule has 2 N–H and O–H groups in total. The standard InChI is InChI=1S/C13H9ClINO3S/c1-6-4-10(20-11(6)13(18)19)16-12(17)8-5-7(14)2-3-9(8)15/h2-5H,1H3,(H,16,17)(H,18,19). The number of thiophene rings is 1. The van der Waals surface area contributed by atoms with Gasteiger partial charge in [0.25, 0.3) is 5.91 Å². The van der Waals surface area contributed by atoms with Crippen molar-refractivity contribution < 1.29 is 14.7 Å². The highest BCUT2D eigenvalue weighted by atomic mass is 127. The van der Waals surface area contributed by atoms with Crippen molar-refractivity contribution in [2.45, 2.75) is 6.92 Å². The molecule has 1 amide bonds. The first-order valence-corrected chi connectivity index (χ1v) is 7.76. The van der Waals surface area contributed by atoms with Crippen LogP contribution in [0.1, 0.15) is 25.6 Å². The molecule has 7 heteroatoms. The summed E-state index contributed by atoms with van der Waals surface area (Å²) in [4.78, 5) is 23.4. The van der Waals surface area contributed by atoms with Gasteiger partial charge in [-0.15, -0.1) is 11.3 Å². The highest BCUT2D eigenvalue weighted by molar-refractivity contribution is 14.1. The van der Waals surface area contributed by atoms with Crippen LogP contribution in [0.2, 0.25) is 5.02 Å². The minimum absolute atomic E-state index is 0.223. The van der Waals surface area contributed by atoms with Gasteiger partial charge in [-0.2, -0.15) is 0 Å². The van der Waals surface area contributed by atoms with E-state index in [0.29, 0.717) is 21.2 Å². The largest absolute Gasteiger partial charge is 0.477 e.